The first-order valence-electron chi connectivity index (χ1n) is 6.16. The first kappa shape index (κ1) is 14.2. The molecule has 0 unspecified atom stereocenters. The zero-order chi connectivity index (χ0) is 13.6. The maximum absolute atomic E-state index is 11.5. The van der Waals surface area contributed by atoms with E-state index in [2.05, 4.69) is 44.3 Å². The van der Waals surface area contributed by atoms with Crippen LogP contribution in [0.3, 0.4) is 0 Å². The lowest BCUT2D eigenvalue weighted by atomic mass is 9.84. The average molecular weight is 244 g/mol. The minimum Gasteiger partial charge on any atom is -0.355 e. The Kier molecular flexibility index (Phi) is 4.91. The van der Waals surface area contributed by atoms with Crippen LogP contribution >= 0.6 is 0 Å². The first-order valence-corrected chi connectivity index (χ1v) is 6.16. The Labute approximate surface area is 109 Å². The highest BCUT2D eigenvalue weighted by molar-refractivity contribution is 5.76. The fourth-order valence-electron chi connectivity index (χ4n) is 1.75. The van der Waals surface area contributed by atoms with Gasteiger partial charge in [0.2, 0.25) is 5.91 Å². The number of aryl methyl sites for hydroxylation is 1. The van der Waals surface area contributed by atoms with Crippen molar-refractivity contribution in [1.29, 1.82) is 5.26 Å². The largest absolute Gasteiger partial charge is 0.355 e. The second-order valence-electron chi connectivity index (χ2n) is 5.19. The van der Waals surface area contributed by atoms with Gasteiger partial charge in [-0.15, -0.1) is 0 Å². The Morgan fingerprint density at radius 1 is 1.44 bits per heavy atom. The van der Waals surface area contributed by atoms with Crippen LogP contribution in [0.25, 0.3) is 0 Å². The lowest BCUT2D eigenvalue weighted by molar-refractivity contribution is -0.121. The second kappa shape index (κ2) is 6.20. The Morgan fingerprint density at radius 2 is 2.17 bits per heavy atom. The summed E-state index contributed by atoms with van der Waals surface area (Å²) in [5, 5.41) is 11.3. The van der Waals surface area contributed by atoms with Crippen LogP contribution in [-0.2, 0) is 10.2 Å². The first-order chi connectivity index (χ1) is 8.45. The fraction of sp³-hybridized carbons (Fsp3) is 0.467. The summed E-state index contributed by atoms with van der Waals surface area (Å²) in [6, 6.07) is 10.3. The normalized spacial score (nSPS) is 10.8. The van der Waals surface area contributed by atoms with Crippen LogP contribution in [0.1, 0.15) is 37.8 Å². The topological polar surface area (TPSA) is 52.9 Å². The standard InChI is InChI=1S/C15H20N2O/c1-12-6-4-7-13(10-12)15(2,3)11-17-14(18)8-5-9-16/h4,6-7,10H,5,8,11H2,1-3H3,(H,17,18). The predicted octanol–water partition coefficient (Wildman–Crippen LogP) is 2.69. The maximum Gasteiger partial charge on any atom is 0.221 e. The summed E-state index contributed by atoms with van der Waals surface area (Å²) in [6.07, 6.45) is 0.553. The third kappa shape index (κ3) is 4.21. The number of hydrogen-bond acceptors (Lipinski definition) is 2. The van der Waals surface area contributed by atoms with Crippen molar-refractivity contribution in [2.24, 2.45) is 0 Å². The Morgan fingerprint density at radius 3 is 2.78 bits per heavy atom. The highest BCUT2D eigenvalue weighted by Gasteiger charge is 2.21. The number of nitriles is 1. The van der Waals surface area contributed by atoms with Gasteiger partial charge in [-0.05, 0) is 12.5 Å². The van der Waals surface area contributed by atoms with E-state index in [9.17, 15) is 4.79 Å². The molecule has 0 aliphatic carbocycles. The van der Waals surface area contributed by atoms with Crippen molar-refractivity contribution in [1.82, 2.24) is 5.32 Å². The van der Waals surface area contributed by atoms with Crippen molar-refractivity contribution < 1.29 is 4.79 Å². The van der Waals surface area contributed by atoms with E-state index in [-0.39, 0.29) is 24.2 Å². The zero-order valence-corrected chi connectivity index (χ0v) is 11.3. The van der Waals surface area contributed by atoms with Crippen molar-refractivity contribution in [3.8, 4) is 6.07 Å². The van der Waals surface area contributed by atoms with Gasteiger partial charge < -0.3 is 5.32 Å². The SMILES string of the molecule is Cc1cccc(C(C)(C)CNC(=O)CCC#N)c1. The summed E-state index contributed by atoms with van der Waals surface area (Å²) in [5.41, 5.74) is 2.33. The molecule has 1 N–H and O–H groups in total. The molecule has 0 bridgehead atoms. The number of nitrogens with one attached hydrogen (secondary N) is 1. The van der Waals surface area contributed by atoms with Crippen LogP contribution < -0.4 is 5.32 Å². The summed E-state index contributed by atoms with van der Waals surface area (Å²) in [4.78, 5) is 11.5. The van der Waals surface area contributed by atoms with E-state index in [1.165, 1.54) is 11.1 Å². The highest BCUT2D eigenvalue weighted by atomic mass is 16.1. The van der Waals surface area contributed by atoms with Gasteiger partial charge in [0.15, 0.2) is 0 Å². The summed E-state index contributed by atoms with van der Waals surface area (Å²) >= 11 is 0. The molecule has 1 amide bonds. The average Bonchev–Trinajstić information content (AvgIpc) is 2.34. The summed E-state index contributed by atoms with van der Waals surface area (Å²) < 4.78 is 0. The maximum atomic E-state index is 11.5. The van der Waals surface area contributed by atoms with Gasteiger partial charge >= 0.3 is 0 Å². The van der Waals surface area contributed by atoms with Gasteiger partial charge in [0.25, 0.3) is 0 Å². The van der Waals surface area contributed by atoms with Crippen molar-refractivity contribution in [2.45, 2.75) is 39.0 Å². The van der Waals surface area contributed by atoms with E-state index in [1.807, 2.05) is 12.1 Å². The number of carbonyl (C=O) groups is 1. The lowest BCUT2D eigenvalue weighted by Gasteiger charge is -2.26. The molecule has 0 saturated carbocycles. The van der Waals surface area contributed by atoms with Gasteiger partial charge in [0.05, 0.1) is 6.07 Å². The van der Waals surface area contributed by atoms with Gasteiger partial charge in [-0.2, -0.15) is 5.26 Å². The molecule has 1 aromatic carbocycles. The molecule has 3 heteroatoms. The molecule has 0 aromatic heterocycles. The van der Waals surface area contributed by atoms with E-state index < -0.39 is 0 Å². The van der Waals surface area contributed by atoms with Crippen molar-refractivity contribution in [2.75, 3.05) is 6.54 Å². The molecule has 18 heavy (non-hydrogen) atoms. The zero-order valence-electron chi connectivity index (χ0n) is 11.3. The van der Waals surface area contributed by atoms with Crippen LogP contribution in [0.5, 0.6) is 0 Å². The minimum absolute atomic E-state index is 0.0581. The van der Waals surface area contributed by atoms with E-state index >= 15 is 0 Å². The molecular weight excluding hydrogens is 224 g/mol. The fourth-order valence-corrected chi connectivity index (χ4v) is 1.75. The molecule has 0 aliphatic rings. The molecule has 0 spiro atoms. The van der Waals surface area contributed by atoms with Crippen molar-refractivity contribution in [3.05, 3.63) is 35.4 Å². The van der Waals surface area contributed by atoms with Crippen molar-refractivity contribution >= 4 is 5.91 Å². The van der Waals surface area contributed by atoms with Crippen molar-refractivity contribution in [3.63, 3.8) is 0 Å². The molecule has 0 saturated heterocycles. The van der Waals surface area contributed by atoms with E-state index in [0.29, 0.717) is 6.54 Å². The van der Waals surface area contributed by atoms with Crippen LogP contribution in [-0.4, -0.2) is 12.5 Å². The van der Waals surface area contributed by atoms with E-state index in [1.54, 1.807) is 0 Å². The van der Waals surface area contributed by atoms with Crippen LogP contribution in [0.4, 0.5) is 0 Å². The van der Waals surface area contributed by atoms with Gasteiger partial charge in [-0.3, -0.25) is 4.79 Å². The number of carbonyl (C=O) groups excluding carboxylic acids is 1. The number of rotatable bonds is 5. The lowest BCUT2D eigenvalue weighted by Crippen LogP contribution is -2.36. The third-order valence-corrected chi connectivity index (χ3v) is 2.99. The number of hydrogen-bond donors (Lipinski definition) is 1. The van der Waals surface area contributed by atoms with Crippen LogP contribution in [0, 0.1) is 18.3 Å². The Balaban J connectivity index is 2.60. The smallest absolute Gasteiger partial charge is 0.221 e. The molecular formula is C15H20N2O. The highest BCUT2D eigenvalue weighted by Crippen LogP contribution is 2.23. The van der Waals surface area contributed by atoms with E-state index in [4.69, 9.17) is 5.26 Å². The molecule has 0 fully saturated rings. The van der Waals surface area contributed by atoms with Gasteiger partial charge in [-0.1, -0.05) is 43.7 Å². The number of benzene rings is 1. The molecule has 0 atom stereocenters. The monoisotopic (exact) mass is 244 g/mol. The Bertz CT molecular complexity index is 458. The minimum atomic E-state index is -0.103. The third-order valence-electron chi connectivity index (χ3n) is 2.99. The summed E-state index contributed by atoms with van der Waals surface area (Å²) in [5.74, 6) is -0.0581. The molecule has 0 radical (unpaired) electrons. The molecule has 1 rings (SSSR count). The number of nitrogens with zero attached hydrogens (tertiary/aromatic N) is 1. The Hall–Kier alpha value is -1.82. The summed E-state index contributed by atoms with van der Waals surface area (Å²) in [7, 11) is 0. The second-order valence-corrected chi connectivity index (χ2v) is 5.19. The molecule has 0 aliphatic heterocycles. The van der Waals surface area contributed by atoms with E-state index in [0.717, 1.165) is 0 Å². The van der Waals surface area contributed by atoms with Crippen LogP contribution in [0.15, 0.2) is 24.3 Å². The predicted molar refractivity (Wildman–Crippen MR) is 72.1 cm³/mol. The van der Waals surface area contributed by atoms with Gasteiger partial charge in [0, 0.05) is 24.8 Å². The summed E-state index contributed by atoms with van der Waals surface area (Å²) in [6.45, 7) is 6.85. The molecule has 96 valence electrons. The van der Waals surface area contributed by atoms with Gasteiger partial charge in [-0.25, -0.2) is 0 Å². The van der Waals surface area contributed by atoms with Gasteiger partial charge in [0.1, 0.15) is 0 Å². The quantitative estimate of drug-likeness (QED) is 0.865. The number of amides is 1. The molecule has 1 aromatic rings. The van der Waals surface area contributed by atoms with Crippen LogP contribution in [0.2, 0.25) is 0 Å². The molecule has 0 heterocycles. The molecule has 3 nitrogen and oxygen atoms in total.